The van der Waals surface area contributed by atoms with E-state index < -0.39 is 6.10 Å². The molecule has 0 bridgehead atoms. The number of aliphatic hydroxyl groups is 1. The van der Waals surface area contributed by atoms with Crippen LogP contribution in [0.5, 0.6) is 0 Å². The first kappa shape index (κ1) is 22.8. The fourth-order valence-corrected chi connectivity index (χ4v) is 4.49. The summed E-state index contributed by atoms with van der Waals surface area (Å²) in [6.45, 7) is 3.88. The van der Waals surface area contributed by atoms with Crippen molar-refractivity contribution in [3.05, 3.63) is 90.4 Å². The van der Waals surface area contributed by atoms with Gasteiger partial charge in [0.05, 0.1) is 0 Å². The van der Waals surface area contributed by atoms with E-state index in [1.54, 1.807) is 0 Å². The second-order valence-electron chi connectivity index (χ2n) is 7.21. The van der Waals surface area contributed by atoms with E-state index in [0.717, 1.165) is 36.8 Å². The van der Waals surface area contributed by atoms with Crippen LogP contribution < -0.4 is 0 Å². The maximum absolute atomic E-state index is 10.6. The minimum Gasteiger partial charge on any atom is -0.384 e. The van der Waals surface area contributed by atoms with Gasteiger partial charge in [0.2, 0.25) is 0 Å². The number of hydrogen-bond donors (Lipinski definition) is 1. The number of rotatable bonds is 7. The molecule has 1 N–H and O–H groups in total. The number of hydrogen-bond acceptors (Lipinski definition) is 1. The first-order valence-corrected chi connectivity index (χ1v) is 10.1. The molecule has 2 aromatic rings. The fraction of sp³-hybridized carbons (Fsp3) is 0.375. The third kappa shape index (κ3) is 6.00. The summed E-state index contributed by atoms with van der Waals surface area (Å²) in [5, 5.41) is 10.8. The van der Waals surface area contributed by atoms with Crippen LogP contribution in [0.2, 0.25) is 0 Å². The van der Waals surface area contributed by atoms with Gasteiger partial charge in [-0.15, -0.1) is 11.6 Å². The van der Waals surface area contributed by atoms with E-state index in [1.807, 2.05) is 42.5 Å². The number of aliphatic hydroxyl groups excluding tert-OH is 1. The molecule has 1 aliphatic rings. The molecule has 27 heavy (non-hydrogen) atoms. The van der Waals surface area contributed by atoms with Gasteiger partial charge in [-0.05, 0) is 41.9 Å². The summed E-state index contributed by atoms with van der Waals surface area (Å²) in [4.78, 5) is 0. The normalized spacial score (nSPS) is 23.3. The van der Waals surface area contributed by atoms with Crippen molar-refractivity contribution in [1.82, 2.24) is 0 Å². The van der Waals surface area contributed by atoms with Gasteiger partial charge in [-0.3, -0.25) is 0 Å². The molecule has 141 valence electrons. The number of unbranched alkanes of at least 4 members (excludes halogenated alkanes) is 1. The Balaban J connectivity index is 0.00000261. The van der Waals surface area contributed by atoms with E-state index in [1.165, 1.54) is 12.0 Å². The molecule has 3 heteroatoms. The van der Waals surface area contributed by atoms with E-state index in [2.05, 4.69) is 31.2 Å². The monoisotopic (exact) mass is 456 g/mol. The number of halogens is 1. The molecule has 1 aliphatic carbocycles. The van der Waals surface area contributed by atoms with Crippen molar-refractivity contribution in [2.24, 2.45) is 5.92 Å². The van der Waals surface area contributed by atoms with Gasteiger partial charge in [-0.1, -0.05) is 73.2 Å². The molecule has 0 amide bonds. The molecule has 4 atom stereocenters. The molecular weight excluding hydrogens is 429 g/mol. The number of alkyl halides is 1. The van der Waals surface area contributed by atoms with Crippen molar-refractivity contribution in [2.75, 3.05) is 0 Å². The Morgan fingerprint density at radius 1 is 1.00 bits per heavy atom. The maximum Gasteiger partial charge on any atom is 0.104 e. The molecule has 0 spiro atoms. The van der Waals surface area contributed by atoms with Crippen LogP contribution in [0.25, 0.3) is 0 Å². The van der Waals surface area contributed by atoms with Crippen LogP contribution in [-0.4, -0.2) is 10.5 Å². The summed E-state index contributed by atoms with van der Waals surface area (Å²) in [6.07, 6.45) is 9.30. The Labute approximate surface area is 194 Å². The van der Waals surface area contributed by atoms with E-state index in [9.17, 15) is 5.11 Å². The SMILES string of the molecule is [CH2-]CC/C=C\CC1CCC(Cl)C1c1ccc(C(O)c2ccccc2)cc1.[Y]. The molecule has 0 saturated heterocycles. The molecule has 0 heterocycles. The maximum atomic E-state index is 10.6. The van der Waals surface area contributed by atoms with Crippen molar-refractivity contribution >= 4 is 11.6 Å². The molecule has 4 unspecified atom stereocenters. The van der Waals surface area contributed by atoms with Crippen molar-refractivity contribution in [1.29, 1.82) is 0 Å². The second kappa shape index (κ2) is 11.5. The summed E-state index contributed by atoms with van der Waals surface area (Å²) in [5.74, 6) is 0.993. The van der Waals surface area contributed by atoms with E-state index in [0.29, 0.717) is 11.8 Å². The molecule has 1 fully saturated rings. The first-order chi connectivity index (χ1) is 12.7. The zero-order valence-corrected chi connectivity index (χ0v) is 19.4. The summed E-state index contributed by atoms with van der Waals surface area (Å²) in [7, 11) is 0. The van der Waals surface area contributed by atoms with Gasteiger partial charge in [0, 0.05) is 44.0 Å². The van der Waals surface area contributed by atoms with Gasteiger partial charge < -0.3 is 12.0 Å². The Bertz CT molecular complexity index is 698. The molecule has 1 nitrogen and oxygen atoms in total. The van der Waals surface area contributed by atoms with Crippen molar-refractivity contribution in [2.45, 2.75) is 49.5 Å². The number of allylic oxidation sites excluding steroid dienone is 2. The third-order valence-corrected chi connectivity index (χ3v) is 5.93. The largest absolute Gasteiger partial charge is 0.384 e. The van der Waals surface area contributed by atoms with Crippen molar-refractivity contribution < 1.29 is 37.8 Å². The van der Waals surface area contributed by atoms with Gasteiger partial charge in [-0.2, -0.15) is 6.42 Å². The Morgan fingerprint density at radius 3 is 2.33 bits per heavy atom. The smallest absolute Gasteiger partial charge is 0.104 e. The quantitative estimate of drug-likeness (QED) is 0.289. The second-order valence-corrected chi connectivity index (χ2v) is 7.77. The van der Waals surface area contributed by atoms with Crippen LogP contribution >= 0.6 is 11.6 Å². The van der Waals surface area contributed by atoms with Crippen molar-refractivity contribution in [3.8, 4) is 0 Å². The Morgan fingerprint density at radius 2 is 1.67 bits per heavy atom. The fourth-order valence-electron chi connectivity index (χ4n) is 4.01. The molecule has 1 saturated carbocycles. The summed E-state index contributed by atoms with van der Waals surface area (Å²) in [5.41, 5.74) is 3.14. The Kier molecular flexibility index (Phi) is 9.73. The molecular formula is C24H28ClOY-. The molecule has 2 aromatic carbocycles. The van der Waals surface area contributed by atoms with Crippen LogP contribution in [0.3, 0.4) is 0 Å². The standard InChI is InChI=1S/C24H28ClO.Y/c1-2-3-4-6-9-18-16-17-22(25)23(18)19-12-14-21(15-13-19)24(26)20-10-7-5-8-11-20;/h4-8,10-15,18,22-24,26H,1-3,9,16-17H2;/q-1;/b6-4-;. The summed E-state index contributed by atoms with van der Waals surface area (Å²) < 4.78 is 0. The van der Waals surface area contributed by atoms with Crippen molar-refractivity contribution in [3.63, 3.8) is 0 Å². The summed E-state index contributed by atoms with van der Waals surface area (Å²) >= 11 is 6.66. The average Bonchev–Trinajstić information content (AvgIpc) is 3.06. The Hall–Kier alpha value is -0.466. The van der Waals surface area contributed by atoms with Crippen LogP contribution in [-0.2, 0) is 32.7 Å². The average molecular weight is 457 g/mol. The van der Waals surface area contributed by atoms with Gasteiger partial charge in [0.15, 0.2) is 0 Å². The van der Waals surface area contributed by atoms with Crippen LogP contribution in [0, 0.1) is 12.8 Å². The van der Waals surface area contributed by atoms with Crippen LogP contribution in [0.1, 0.15) is 60.8 Å². The first-order valence-electron chi connectivity index (χ1n) is 9.62. The molecule has 1 radical (unpaired) electrons. The minimum absolute atomic E-state index is 0. The third-order valence-electron chi connectivity index (χ3n) is 5.44. The van der Waals surface area contributed by atoms with Crippen LogP contribution in [0.4, 0.5) is 0 Å². The van der Waals surface area contributed by atoms with Gasteiger partial charge in [0.25, 0.3) is 0 Å². The predicted molar refractivity (Wildman–Crippen MR) is 110 cm³/mol. The van der Waals surface area contributed by atoms with E-state index in [-0.39, 0.29) is 38.1 Å². The van der Waals surface area contributed by atoms with E-state index in [4.69, 9.17) is 11.6 Å². The molecule has 3 rings (SSSR count). The zero-order valence-electron chi connectivity index (χ0n) is 15.8. The topological polar surface area (TPSA) is 20.2 Å². The van der Waals surface area contributed by atoms with Crippen LogP contribution in [0.15, 0.2) is 66.7 Å². The van der Waals surface area contributed by atoms with E-state index >= 15 is 0 Å². The zero-order chi connectivity index (χ0) is 18.4. The molecule has 0 aliphatic heterocycles. The number of benzene rings is 2. The molecule has 0 aromatic heterocycles. The predicted octanol–water partition coefficient (Wildman–Crippen LogP) is 6.43. The van der Waals surface area contributed by atoms with Gasteiger partial charge in [0.1, 0.15) is 6.10 Å². The minimum atomic E-state index is -0.581. The van der Waals surface area contributed by atoms with Gasteiger partial charge >= 0.3 is 0 Å². The van der Waals surface area contributed by atoms with Gasteiger partial charge in [-0.25, -0.2) is 0 Å². The summed E-state index contributed by atoms with van der Waals surface area (Å²) in [6, 6.07) is 18.2.